The Morgan fingerprint density at radius 2 is 1.86 bits per heavy atom. The molecule has 0 saturated heterocycles. The lowest BCUT2D eigenvalue weighted by molar-refractivity contribution is 0.614. The van der Waals surface area contributed by atoms with Gasteiger partial charge in [-0.15, -0.1) is 0 Å². The number of halogens is 1. The van der Waals surface area contributed by atoms with Crippen LogP contribution in [0.1, 0.15) is 25.1 Å². The van der Waals surface area contributed by atoms with E-state index in [1.54, 1.807) is 6.07 Å². The fourth-order valence-corrected chi connectivity index (χ4v) is 2.46. The van der Waals surface area contributed by atoms with Gasteiger partial charge in [-0.25, -0.2) is 4.39 Å². The first-order valence-electron chi connectivity index (χ1n) is 7.13. The molecule has 1 N–H and O–H groups in total. The molecule has 1 aromatic heterocycles. The molecule has 0 aliphatic heterocycles. The lowest BCUT2D eigenvalue weighted by atomic mass is 10.1. The van der Waals surface area contributed by atoms with Crippen molar-refractivity contribution in [1.82, 2.24) is 4.98 Å². The van der Waals surface area contributed by atoms with E-state index < -0.39 is 0 Å². The number of rotatable bonds is 4. The predicted octanol–water partition coefficient (Wildman–Crippen LogP) is 4.94. The number of fused-ring (bicyclic) bond motifs is 1. The van der Waals surface area contributed by atoms with Crippen molar-refractivity contribution in [3.05, 3.63) is 72.3 Å². The number of hydrogen-bond acceptors (Lipinski definition) is 2. The highest BCUT2D eigenvalue weighted by Gasteiger charge is 2.10. The normalized spacial score (nSPS) is 12.3. The Labute approximate surface area is 123 Å². The molecular formula is C18H17FN2. The number of anilines is 1. The number of nitrogens with one attached hydrogen (secondary N) is 1. The Hall–Kier alpha value is -2.42. The summed E-state index contributed by atoms with van der Waals surface area (Å²) in [7, 11) is 0. The fourth-order valence-electron chi connectivity index (χ4n) is 2.46. The molecule has 0 spiro atoms. The summed E-state index contributed by atoms with van der Waals surface area (Å²) in [6, 6.07) is 17.8. The van der Waals surface area contributed by atoms with Crippen LogP contribution in [0.15, 0.2) is 60.8 Å². The summed E-state index contributed by atoms with van der Waals surface area (Å²) in [6.07, 6.45) is 2.14. The molecule has 0 radical (unpaired) electrons. The van der Waals surface area contributed by atoms with Crippen LogP contribution in [0.4, 0.5) is 10.1 Å². The second kappa shape index (κ2) is 5.92. The highest BCUT2D eigenvalue weighted by molar-refractivity contribution is 5.85. The first kappa shape index (κ1) is 13.6. The van der Waals surface area contributed by atoms with Crippen molar-refractivity contribution in [2.75, 3.05) is 5.32 Å². The molecule has 3 heteroatoms. The van der Waals surface area contributed by atoms with E-state index in [1.807, 2.05) is 12.1 Å². The summed E-state index contributed by atoms with van der Waals surface area (Å²) in [5, 5.41) is 5.89. The summed E-state index contributed by atoms with van der Waals surface area (Å²) in [6.45, 7) is 2.09. The minimum Gasteiger partial charge on any atom is -0.377 e. The molecule has 3 aromatic rings. The third-order valence-corrected chi connectivity index (χ3v) is 3.61. The molecule has 1 unspecified atom stereocenters. The van der Waals surface area contributed by atoms with Crippen LogP contribution in [-0.4, -0.2) is 4.98 Å². The Morgan fingerprint density at radius 3 is 2.57 bits per heavy atom. The van der Waals surface area contributed by atoms with E-state index in [2.05, 4.69) is 47.6 Å². The van der Waals surface area contributed by atoms with E-state index in [-0.39, 0.29) is 11.9 Å². The molecule has 0 aliphatic rings. The summed E-state index contributed by atoms with van der Waals surface area (Å²) >= 11 is 0. The van der Waals surface area contributed by atoms with E-state index in [0.717, 1.165) is 17.8 Å². The molecule has 21 heavy (non-hydrogen) atoms. The Balaban J connectivity index is 1.86. The SMILES string of the molecule is CCC(Nc1ccc2ccccc2c1)c1ccc(F)cn1. The minimum absolute atomic E-state index is 0.0757. The van der Waals surface area contributed by atoms with Crippen molar-refractivity contribution in [3.63, 3.8) is 0 Å². The highest BCUT2D eigenvalue weighted by atomic mass is 19.1. The lowest BCUT2D eigenvalue weighted by Gasteiger charge is -2.18. The van der Waals surface area contributed by atoms with E-state index in [1.165, 1.54) is 23.0 Å². The molecular weight excluding hydrogens is 263 g/mol. The van der Waals surface area contributed by atoms with Gasteiger partial charge in [0.2, 0.25) is 0 Å². The van der Waals surface area contributed by atoms with Gasteiger partial charge in [0, 0.05) is 5.69 Å². The average Bonchev–Trinajstić information content (AvgIpc) is 2.53. The quantitative estimate of drug-likeness (QED) is 0.732. The Morgan fingerprint density at radius 1 is 1.05 bits per heavy atom. The maximum atomic E-state index is 13.0. The predicted molar refractivity (Wildman–Crippen MR) is 84.8 cm³/mol. The van der Waals surface area contributed by atoms with Gasteiger partial charge in [-0.1, -0.05) is 37.3 Å². The van der Waals surface area contributed by atoms with Gasteiger partial charge in [0.15, 0.2) is 0 Å². The molecule has 0 fully saturated rings. The molecule has 1 atom stereocenters. The van der Waals surface area contributed by atoms with Gasteiger partial charge in [0.25, 0.3) is 0 Å². The topological polar surface area (TPSA) is 24.9 Å². The maximum absolute atomic E-state index is 13.0. The van der Waals surface area contributed by atoms with Gasteiger partial charge in [0.1, 0.15) is 5.82 Å². The first-order chi connectivity index (χ1) is 10.3. The van der Waals surface area contributed by atoms with E-state index in [9.17, 15) is 4.39 Å². The van der Waals surface area contributed by atoms with E-state index in [4.69, 9.17) is 0 Å². The molecule has 0 amide bonds. The Kier molecular flexibility index (Phi) is 3.82. The van der Waals surface area contributed by atoms with Crippen LogP contribution in [0.3, 0.4) is 0 Å². The Bertz CT molecular complexity index is 738. The number of benzene rings is 2. The number of hydrogen-bond donors (Lipinski definition) is 1. The molecule has 2 aromatic carbocycles. The van der Waals surface area contributed by atoms with Crippen LogP contribution in [-0.2, 0) is 0 Å². The lowest BCUT2D eigenvalue weighted by Crippen LogP contribution is -2.11. The number of aromatic nitrogens is 1. The second-order valence-electron chi connectivity index (χ2n) is 5.07. The zero-order valence-corrected chi connectivity index (χ0v) is 11.9. The monoisotopic (exact) mass is 280 g/mol. The van der Waals surface area contributed by atoms with Gasteiger partial charge < -0.3 is 5.32 Å². The van der Waals surface area contributed by atoms with E-state index >= 15 is 0 Å². The molecule has 3 rings (SSSR count). The van der Waals surface area contributed by atoms with Gasteiger partial charge in [0.05, 0.1) is 17.9 Å². The van der Waals surface area contributed by atoms with Crippen molar-refractivity contribution in [3.8, 4) is 0 Å². The van der Waals surface area contributed by atoms with Crippen LogP contribution in [0.5, 0.6) is 0 Å². The first-order valence-corrected chi connectivity index (χ1v) is 7.13. The third-order valence-electron chi connectivity index (χ3n) is 3.61. The minimum atomic E-state index is -0.306. The van der Waals surface area contributed by atoms with Crippen molar-refractivity contribution in [2.24, 2.45) is 0 Å². The smallest absolute Gasteiger partial charge is 0.141 e. The van der Waals surface area contributed by atoms with Crippen molar-refractivity contribution >= 4 is 16.5 Å². The summed E-state index contributed by atoms with van der Waals surface area (Å²) in [5.74, 6) is -0.306. The molecule has 0 bridgehead atoms. The van der Waals surface area contributed by atoms with Gasteiger partial charge >= 0.3 is 0 Å². The fraction of sp³-hybridized carbons (Fsp3) is 0.167. The second-order valence-corrected chi connectivity index (χ2v) is 5.07. The zero-order valence-electron chi connectivity index (χ0n) is 11.9. The van der Waals surface area contributed by atoms with Crippen LogP contribution in [0.2, 0.25) is 0 Å². The van der Waals surface area contributed by atoms with Gasteiger partial charge in [-0.3, -0.25) is 4.98 Å². The zero-order chi connectivity index (χ0) is 14.7. The van der Waals surface area contributed by atoms with Gasteiger partial charge in [-0.2, -0.15) is 0 Å². The summed E-state index contributed by atoms with van der Waals surface area (Å²) < 4.78 is 13.0. The average molecular weight is 280 g/mol. The molecule has 0 aliphatic carbocycles. The number of pyridine rings is 1. The van der Waals surface area contributed by atoms with Crippen molar-refractivity contribution < 1.29 is 4.39 Å². The van der Waals surface area contributed by atoms with Crippen LogP contribution in [0, 0.1) is 5.82 Å². The van der Waals surface area contributed by atoms with Crippen LogP contribution in [0.25, 0.3) is 10.8 Å². The molecule has 0 saturated carbocycles. The molecule has 1 heterocycles. The van der Waals surface area contributed by atoms with Gasteiger partial charge in [-0.05, 0) is 41.5 Å². The standard InChI is InChI=1S/C18H17FN2/c1-2-17(18-10-8-15(19)12-20-18)21-16-9-7-13-5-3-4-6-14(13)11-16/h3-12,17,21H,2H2,1H3. The van der Waals surface area contributed by atoms with Crippen molar-refractivity contribution in [2.45, 2.75) is 19.4 Å². The van der Waals surface area contributed by atoms with E-state index in [0.29, 0.717) is 0 Å². The van der Waals surface area contributed by atoms with Crippen molar-refractivity contribution in [1.29, 1.82) is 0 Å². The molecule has 2 nitrogen and oxygen atoms in total. The summed E-state index contributed by atoms with van der Waals surface area (Å²) in [5.41, 5.74) is 1.90. The van der Waals surface area contributed by atoms with Crippen LogP contribution < -0.4 is 5.32 Å². The third kappa shape index (κ3) is 3.02. The molecule has 106 valence electrons. The summed E-state index contributed by atoms with van der Waals surface area (Å²) in [4.78, 5) is 4.17. The number of nitrogens with zero attached hydrogens (tertiary/aromatic N) is 1. The maximum Gasteiger partial charge on any atom is 0.141 e. The highest BCUT2D eigenvalue weighted by Crippen LogP contribution is 2.24. The largest absolute Gasteiger partial charge is 0.377 e. The van der Waals surface area contributed by atoms with Crippen LogP contribution >= 0.6 is 0 Å².